The predicted octanol–water partition coefficient (Wildman–Crippen LogP) is 5.78. The van der Waals surface area contributed by atoms with Gasteiger partial charge in [-0.2, -0.15) is 5.26 Å². The first-order valence-corrected chi connectivity index (χ1v) is 9.63. The molecule has 150 valence electrons. The Hall–Kier alpha value is -3.70. The Morgan fingerprint density at radius 2 is 2.00 bits per heavy atom. The van der Waals surface area contributed by atoms with Crippen LogP contribution in [0.1, 0.15) is 16.9 Å². The molecule has 1 heterocycles. The highest BCUT2D eigenvalue weighted by atomic mass is 79.9. The van der Waals surface area contributed by atoms with E-state index in [2.05, 4.69) is 21.2 Å². The number of non-ortho nitro benzene ring substituents is 1. The number of amides is 1. The number of hydrogen-bond donors (Lipinski definition) is 1. The molecule has 0 saturated heterocycles. The van der Waals surface area contributed by atoms with Gasteiger partial charge in [-0.15, -0.1) is 0 Å². The Balaban J connectivity index is 1.85. The SMILES string of the molecule is Cc1cccc(NC(=O)/C(C#N)=C/c2ccc(-c3ccc([N+](=O)[O-])cc3Br)o2)c1C. The summed E-state index contributed by atoms with van der Waals surface area (Å²) in [6.45, 7) is 3.83. The number of benzene rings is 2. The molecule has 30 heavy (non-hydrogen) atoms. The normalized spacial score (nSPS) is 11.1. The summed E-state index contributed by atoms with van der Waals surface area (Å²) in [5.41, 5.74) is 3.03. The Bertz CT molecular complexity index is 1220. The van der Waals surface area contributed by atoms with Crippen LogP contribution in [0, 0.1) is 35.3 Å². The number of aryl methyl sites for hydroxylation is 1. The molecule has 0 saturated carbocycles. The molecule has 0 bridgehead atoms. The number of carbonyl (C=O) groups is 1. The monoisotopic (exact) mass is 465 g/mol. The van der Waals surface area contributed by atoms with E-state index in [9.17, 15) is 20.2 Å². The highest BCUT2D eigenvalue weighted by molar-refractivity contribution is 9.10. The molecular formula is C22H16BrN3O4. The van der Waals surface area contributed by atoms with Crippen LogP contribution in [0.2, 0.25) is 0 Å². The van der Waals surface area contributed by atoms with Crippen LogP contribution in [0.5, 0.6) is 0 Å². The maximum atomic E-state index is 12.5. The predicted molar refractivity (Wildman–Crippen MR) is 117 cm³/mol. The number of nitro benzene ring substituents is 1. The average Bonchev–Trinajstić information content (AvgIpc) is 3.17. The first-order chi connectivity index (χ1) is 14.3. The summed E-state index contributed by atoms with van der Waals surface area (Å²) in [4.78, 5) is 22.9. The first kappa shape index (κ1) is 21.0. The van der Waals surface area contributed by atoms with Gasteiger partial charge in [-0.1, -0.05) is 12.1 Å². The highest BCUT2D eigenvalue weighted by Crippen LogP contribution is 2.33. The molecule has 0 spiro atoms. The smallest absolute Gasteiger partial charge is 0.270 e. The van der Waals surface area contributed by atoms with Crippen LogP contribution in [0.15, 0.2) is 63.0 Å². The van der Waals surface area contributed by atoms with Gasteiger partial charge < -0.3 is 9.73 Å². The Labute approximate surface area is 180 Å². The molecular weight excluding hydrogens is 450 g/mol. The summed E-state index contributed by atoms with van der Waals surface area (Å²) in [7, 11) is 0. The van der Waals surface area contributed by atoms with Crippen molar-refractivity contribution < 1.29 is 14.1 Å². The number of nitro groups is 1. The molecule has 1 aromatic heterocycles. The van der Waals surface area contributed by atoms with Crippen molar-refractivity contribution in [2.45, 2.75) is 13.8 Å². The lowest BCUT2D eigenvalue weighted by Gasteiger charge is -2.09. The molecule has 0 aliphatic carbocycles. The fourth-order valence-electron chi connectivity index (χ4n) is 2.76. The summed E-state index contributed by atoms with van der Waals surface area (Å²) in [5, 5.41) is 23.0. The summed E-state index contributed by atoms with van der Waals surface area (Å²) in [6.07, 6.45) is 1.35. The Kier molecular flexibility index (Phi) is 6.14. The van der Waals surface area contributed by atoms with Gasteiger partial charge >= 0.3 is 0 Å². The average molecular weight is 466 g/mol. The molecule has 0 aliphatic heterocycles. The van der Waals surface area contributed by atoms with Crippen molar-refractivity contribution in [1.82, 2.24) is 0 Å². The van der Waals surface area contributed by atoms with Gasteiger partial charge in [0.05, 0.1) is 4.92 Å². The van der Waals surface area contributed by atoms with E-state index >= 15 is 0 Å². The molecule has 2 aromatic carbocycles. The number of halogens is 1. The minimum absolute atomic E-state index is 0.0489. The summed E-state index contributed by atoms with van der Waals surface area (Å²) in [6, 6.07) is 15.0. The van der Waals surface area contributed by atoms with Crippen LogP contribution in [0.4, 0.5) is 11.4 Å². The van der Waals surface area contributed by atoms with Crippen LogP contribution in [0.25, 0.3) is 17.4 Å². The lowest BCUT2D eigenvalue weighted by molar-refractivity contribution is -0.384. The summed E-state index contributed by atoms with van der Waals surface area (Å²) >= 11 is 3.30. The van der Waals surface area contributed by atoms with E-state index in [1.165, 1.54) is 18.2 Å². The molecule has 3 aromatic rings. The van der Waals surface area contributed by atoms with E-state index in [1.54, 1.807) is 24.3 Å². The van der Waals surface area contributed by atoms with Gasteiger partial charge in [-0.05, 0) is 65.2 Å². The molecule has 0 aliphatic rings. The number of nitrogens with zero attached hydrogens (tertiary/aromatic N) is 2. The second-order valence-corrected chi connectivity index (χ2v) is 7.35. The number of hydrogen-bond acceptors (Lipinski definition) is 5. The second kappa shape index (κ2) is 8.76. The Morgan fingerprint density at radius 1 is 1.23 bits per heavy atom. The molecule has 0 atom stereocenters. The number of nitriles is 1. The van der Waals surface area contributed by atoms with E-state index in [0.717, 1.165) is 11.1 Å². The zero-order chi connectivity index (χ0) is 21.8. The molecule has 3 rings (SSSR count). The number of anilines is 1. The number of rotatable bonds is 5. The zero-order valence-electron chi connectivity index (χ0n) is 16.1. The van der Waals surface area contributed by atoms with Gasteiger partial charge in [-0.25, -0.2) is 0 Å². The van der Waals surface area contributed by atoms with Crippen molar-refractivity contribution in [3.05, 3.63) is 85.6 Å². The minimum Gasteiger partial charge on any atom is -0.457 e. The summed E-state index contributed by atoms with van der Waals surface area (Å²) in [5.74, 6) is 0.207. The van der Waals surface area contributed by atoms with E-state index in [0.29, 0.717) is 27.2 Å². The van der Waals surface area contributed by atoms with E-state index in [4.69, 9.17) is 4.42 Å². The number of furan rings is 1. The largest absolute Gasteiger partial charge is 0.457 e. The van der Waals surface area contributed by atoms with Crippen LogP contribution in [0.3, 0.4) is 0 Å². The molecule has 1 amide bonds. The van der Waals surface area contributed by atoms with E-state index in [1.807, 2.05) is 32.0 Å². The third-order valence-corrected chi connectivity index (χ3v) is 5.22. The summed E-state index contributed by atoms with van der Waals surface area (Å²) < 4.78 is 6.21. The van der Waals surface area contributed by atoms with Gasteiger partial charge in [0.1, 0.15) is 23.2 Å². The van der Waals surface area contributed by atoms with Crippen LogP contribution in [-0.2, 0) is 4.79 Å². The van der Waals surface area contributed by atoms with Crippen LogP contribution >= 0.6 is 15.9 Å². The first-order valence-electron chi connectivity index (χ1n) is 8.83. The standard InChI is InChI=1S/C22H16BrN3O4/c1-13-4-3-5-20(14(13)2)25-22(27)15(12-24)10-17-7-9-21(30-17)18-8-6-16(26(28)29)11-19(18)23/h3-11H,1-2H3,(H,25,27)/b15-10+. The van der Waals surface area contributed by atoms with Gasteiger partial charge in [0.2, 0.25) is 0 Å². The molecule has 8 heteroatoms. The van der Waals surface area contributed by atoms with E-state index < -0.39 is 10.8 Å². The fourth-order valence-corrected chi connectivity index (χ4v) is 3.32. The molecule has 7 nitrogen and oxygen atoms in total. The maximum Gasteiger partial charge on any atom is 0.270 e. The topological polar surface area (TPSA) is 109 Å². The third-order valence-electron chi connectivity index (χ3n) is 4.56. The van der Waals surface area contributed by atoms with Crippen molar-refractivity contribution in [2.75, 3.05) is 5.32 Å². The lowest BCUT2D eigenvalue weighted by atomic mass is 10.1. The number of carbonyl (C=O) groups excluding carboxylic acids is 1. The van der Waals surface area contributed by atoms with Crippen molar-refractivity contribution in [3.8, 4) is 17.4 Å². The van der Waals surface area contributed by atoms with Gasteiger partial charge in [0.15, 0.2) is 0 Å². The van der Waals surface area contributed by atoms with E-state index in [-0.39, 0.29) is 11.3 Å². The van der Waals surface area contributed by atoms with Gasteiger partial charge in [0, 0.05) is 33.9 Å². The lowest BCUT2D eigenvalue weighted by Crippen LogP contribution is -2.14. The maximum absolute atomic E-state index is 12.5. The van der Waals surface area contributed by atoms with Crippen molar-refractivity contribution in [3.63, 3.8) is 0 Å². The minimum atomic E-state index is -0.541. The van der Waals surface area contributed by atoms with Crippen LogP contribution in [-0.4, -0.2) is 10.8 Å². The molecule has 1 N–H and O–H groups in total. The third kappa shape index (κ3) is 4.47. The second-order valence-electron chi connectivity index (χ2n) is 6.49. The van der Waals surface area contributed by atoms with Crippen LogP contribution < -0.4 is 5.32 Å². The molecule has 0 radical (unpaired) electrons. The quantitative estimate of drug-likeness (QED) is 0.222. The van der Waals surface area contributed by atoms with Crippen molar-refractivity contribution in [2.24, 2.45) is 0 Å². The molecule has 0 fully saturated rings. The Morgan fingerprint density at radius 3 is 2.67 bits per heavy atom. The van der Waals surface area contributed by atoms with Crippen molar-refractivity contribution in [1.29, 1.82) is 5.26 Å². The van der Waals surface area contributed by atoms with Crippen molar-refractivity contribution >= 4 is 39.3 Å². The zero-order valence-corrected chi connectivity index (χ0v) is 17.7. The number of nitrogens with one attached hydrogen (secondary N) is 1. The van der Waals surface area contributed by atoms with Gasteiger partial charge in [0.25, 0.3) is 11.6 Å². The highest BCUT2D eigenvalue weighted by Gasteiger charge is 2.15. The van der Waals surface area contributed by atoms with Gasteiger partial charge in [-0.3, -0.25) is 14.9 Å². The molecule has 0 unspecified atom stereocenters. The fraction of sp³-hybridized carbons (Fsp3) is 0.0909.